The van der Waals surface area contributed by atoms with Gasteiger partial charge in [0.25, 0.3) is 0 Å². The van der Waals surface area contributed by atoms with Crippen molar-refractivity contribution in [3.05, 3.63) is 46.1 Å². The van der Waals surface area contributed by atoms with Crippen molar-refractivity contribution in [1.29, 1.82) is 0 Å². The number of anilines is 1. The van der Waals surface area contributed by atoms with Crippen LogP contribution in [-0.4, -0.2) is 4.98 Å². The van der Waals surface area contributed by atoms with Gasteiger partial charge in [0, 0.05) is 5.69 Å². The predicted molar refractivity (Wildman–Crippen MR) is 67.4 cm³/mol. The van der Waals surface area contributed by atoms with E-state index in [0.717, 1.165) is 27.3 Å². The second-order valence-corrected chi connectivity index (χ2v) is 4.49. The van der Waals surface area contributed by atoms with Gasteiger partial charge in [-0.3, -0.25) is 4.98 Å². The summed E-state index contributed by atoms with van der Waals surface area (Å²) in [6.45, 7) is 4.63. The van der Waals surface area contributed by atoms with Crippen LogP contribution in [0.25, 0.3) is 0 Å². The topological polar surface area (TPSA) is 38.1 Å². The molecule has 2 heterocycles. The summed E-state index contributed by atoms with van der Waals surface area (Å²) >= 11 is 3.42. The van der Waals surface area contributed by atoms with Gasteiger partial charge >= 0.3 is 0 Å². The lowest BCUT2D eigenvalue weighted by Crippen LogP contribution is -2.02. The lowest BCUT2D eigenvalue weighted by Gasteiger charge is -2.08. The molecule has 0 fully saturated rings. The fourth-order valence-electron chi connectivity index (χ4n) is 1.50. The van der Waals surface area contributed by atoms with Gasteiger partial charge in [-0.2, -0.15) is 0 Å². The van der Waals surface area contributed by atoms with Crippen molar-refractivity contribution in [1.82, 2.24) is 4.98 Å². The first-order valence-electron chi connectivity index (χ1n) is 5.07. The van der Waals surface area contributed by atoms with Crippen LogP contribution in [0.1, 0.15) is 17.1 Å². The lowest BCUT2D eigenvalue weighted by atomic mass is 10.2. The van der Waals surface area contributed by atoms with Crippen LogP contribution < -0.4 is 5.32 Å². The Labute approximate surface area is 103 Å². The maximum absolute atomic E-state index is 5.32. The highest BCUT2D eigenvalue weighted by atomic mass is 79.9. The van der Waals surface area contributed by atoms with Crippen LogP contribution in [0.2, 0.25) is 0 Å². The van der Waals surface area contributed by atoms with Gasteiger partial charge in [0.2, 0.25) is 0 Å². The molecule has 84 valence electrons. The van der Waals surface area contributed by atoms with E-state index in [-0.39, 0.29) is 0 Å². The third-order valence-corrected chi connectivity index (χ3v) is 3.06. The molecular weight excluding hydrogens is 268 g/mol. The highest BCUT2D eigenvalue weighted by Crippen LogP contribution is 2.20. The molecule has 4 heteroatoms. The minimum Gasteiger partial charge on any atom is -0.466 e. The van der Waals surface area contributed by atoms with Gasteiger partial charge in [0.1, 0.15) is 5.76 Å². The largest absolute Gasteiger partial charge is 0.466 e. The molecule has 0 aliphatic heterocycles. The average molecular weight is 281 g/mol. The SMILES string of the molecule is Cc1ccc(NCc2occc2Br)c(C)n1. The van der Waals surface area contributed by atoms with E-state index in [0.29, 0.717) is 6.54 Å². The molecule has 0 unspecified atom stereocenters. The molecule has 0 aliphatic carbocycles. The zero-order valence-corrected chi connectivity index (χ0v) is 10.8. The Hall–Kier alpha value is -1.29. The Morgan fingerprint density at radius 1 is 1.31 bits per heavy atom. The second-order valence-electron chi connectivity index (χ2n) is 3.63. The standard InChI is InChI=1S/C12H13BrN2O/c1-8-3-4-11(9(2)15-8)14-7-12-10(13)5-6-16-12/h3-6,14H,7H2,1-2H3. The highest BCUT2D eigenvalue weighted by Gasteiger charge is 2.04. The molecule has 0 spiro atoms. The summed E-state index contributed by atoms with van der Waals surface area (Å²) in [6.07, 6.45) is 1.67. The van der Waals surface area contributed by atoms with Gasteiger partial charge in [-0.05, 0) is 48.0 Å². The summed E-state index contributed by atoms with van der Waals surface area (Å²) in [5, 5.41) is 3.30. The van der Waals surface area contributed by atoms with Gasteiger partial charge in [-0.25, -0.2) is 0 Å². The minimum absolute atomic E-state index is 0.652. The highest BCUT2D eigenvalue weighted by molar-refractivity contribution is 9.10. The maximum atomic E-state index is 5.32. The Bertz CT molecular complexity index is 494. The summed E-state index contributed by atoms with van der Waals surface area (Å²) in [6, 6.07) is 5.91. The van der Waals surface area contributed by atoms with Crippen LogP contribution in [0.15, 0.2) is 33.4 Å². The van der Waals surface area contributed by atoms with E-state index < -0.39 is 0 Å². The number of hydrogen-bond donors (Lipinski definition) is 1. The third-order valence-electron chi connectivity index (χ3n) is 2.36. The number of aromatic nitrogens is 1. The normalized spacial score (nSPS) is 10.4. The number of aryl methyl sites for hydroxylation is 2. The first-order chi connectivity index (χ1) is 7.66. The molecule has 0 bridgehead atoms. The fraction of sp³-hybridized carbons (Fsp3) is 0.250. The molecule has 0 amide bonds. The zero-order chi connectivity index (χ0) is 11.5. The van der Waals surface area contributed by atoms with E-state index >= 15 is 0 Å². The second kappa shape index (κ2) is 4.70. The molecule has 0 saturated carbocycles. The Kier molecular flexibility index (Phi) is 3.29. The Morgan fingerprint density at radius 2 is 2.12 bits per heavy atom. The van der Waals surface area contributed by atoms with Crippen LogP contribution in [0, 0.1) is 13.8 Å². The number of furan rings is 1. The summed E-state index contributed by atoms with van der Waals surface area (Å²) in [7, 11) is 0. The Balaban J connectivity index is 2.08. The van der Waals surface area contributed by atoms with Gasteiger partial charge in [-0.15, -0.1) is 0 Å². The fourth-order valence-corrected chi connectivity index (χ4v) is 1.84. The maximum Gasteiger partial charge on any atom is 0.136 e. The summed E-state index contributed by atoms with van der Waals surface area (Å²) in [5.41, 5.74) is 3.07. The van der Waals surface area contributed by atoms with Crippen molar-refractivity contribution in [2.75, 3.05) is 5.32 Å². The number of nitrogens with one attached hydrogen (secondary N) is 1. The smallest absolute Gasteiger partial charge is 0.136 e. The molecule has 0 aliphatic rings. The van der Waals surface area contributed by atoms with Gasteiger partial charge in [0.05, 0.1) is 28.7 Å². The number of pyridine rings is 1. The van der Waals surface area contributed by atoms with Crippen LogP contribution in [0.4, 0.5) is 5.69 Å². The quantitative estimate of drug-likeness (QED) is 0.932. The molecular formula is C12H13BrN2O. The van der Waals surface area contributed by atoms with Crippen LogP contribution >= 0.6 is 15.9 Å². The zero-order valence-electron chi connectivity index (χ0n) is 9.25. The number of rotatable bonds is 3. The molecule has 0 radical (unpaired) electrons. The molecule has 2 rings (SSSR count). The van der Waals surface area contributed by atoms with Crippen molar-refractivity contribution in [2.45, 2.75) is 20.4 Å². The van der Waals surface area contributed by atoms with Gasteiger partial charge < -0.3 is 9.73 Å². The van der Waals surface area contributed by atoms with E-state index in [4.69, 9.17) is 4.42 Å². The number of halogens is 1. The van der Waals surface area contributed by atoms with Crippen LogP contribution in [0.5, 0.6) is 0 Å². The predicted octanol–water partition coefficient (Wildman–Crippen LogP) is 3.67. The van der Waals surface area contributed by atoms with Crippen molar-refractivity contribution in [3.63, 3.8) is 0 Å². The summed E-state index contributed by atoms with van der Waals surface area (Å²) < 4.78 is 6.30. The van der Waals surface area contributed by atoms with E-state index in [2.05, 4.69) is 26.2 Å². The van der Waals surface area contributed by atoms with Gasteiger partial charge in [0.15, 0.2) is 0 Å². The molecule has 0 saturated heterocycles. The summed E-state index contributed by atoms with van der Waals surface area (Å²) in [4.78, 5) is 4.39. The van der Waals surface area contributed by atoms with Crippen molar-refractivity contribution >= 4 is 21.6 Å². The Morgan fingerprint density at radius 3 is 2.75 bits per heavy atom. The first-order valence-corrected chi connectivity index (χ1v) is 5.86. The van der Waals surface area contributed by atoms with Crippen LogP contribution in [0.3, 0.4) is 0 Å². The van der Waals surface area contributed by atoms with Gasteiger partial charge in [-0.1, -0.05) is 0 Å². The molecule has 3 nitrogen and oxygen atoms in total. The first kappa shape index (κ1) is 11.2. The van der Waals surface area contributed by atoms with E-state index in [1.54, 1.807) is 6.26 Å². The third kappa shape index (κ3) is 2.44. The molecule has 0 atom stereocenters. The summed E-state index contributed by atoms with van der Waals surface area (Å²) in [5.74, 6) is 0.889. The monoisotopic (exact) mass is 280 g/mol. The molecule has 2 aromatic heterocycles. The molecule has 1 N–H and O–H groups in total. The van der Waals surface area contributed by atoms with Crippen molar-refractivity contribution in [3.8, 4) is 0 Å². The van der Waals surface area contributed by atoms with Crippen molar-refractivity contribution in [2.24, 2.45) is 0 Å². The van der Waals surface area contributed by atoms with E-state index in [1.807, 2.05) is 32.0 Å². The molecule has 16 heavy (non-hydrogen) atoms. The van der Waals surface area contributed by atoms with E-state index in [9.17, 15) is 0 Å². The van der Waals surface area contributed by atoms with E-state index in [1.165, 1.54) is 0 Å². The average Bonchev–Trinajstić information content (AvgIpc) is 2.63. The minimum atomic E-state index is 0.652. The number of hydrogen-bond acceptors (Lipinski definition) is 3. The molecule has 0 aromatic carbocycles. The lowest BCUT2D eigenvalue weighted by molar-refractivity contribution is 0.516. The van der Waals surface area contributed by atoms with Crippen LogP contribution in [-0.2, 0) is 6.54 Å². The molecule has 2 aromatic rings. The van der Waals surface area contributed by atoms with Crippen molar-refractivity contribution < 1.29 is 4.42 Å². The number of nitrogens with zero attached hydrogens (tertiary/aromatic N) is 1.